The van der Waals surface area contributed by atoms with Gasteiger partial charge in [0.2, 0.25) is 0 Å². The van der Waals surface area contributed by atoms with E-state index in [9.17, 15) is 4.79 Å². The average Bonchev–Trinajstić information content (AvgIpc) is 2.61. The van der Waals surface area contributed by atoms with Gasteiger partial charge in [-0.15, -0.1) is 0 Å². The van der Waals surface area contributed by atoms with Crippen LogP contribution in [0.3, 0.4) is 0 Å². The fraction of sp³-hybridized carbons (Fsp3) is 0.611. The van der Waals surface area contributed by atoms with Gasteiger partial charge < -0.3 is 24.4 Å². The summed E-state index contributed by atoms with van der Waals surface area (Å²) >= 11 is 0. The molecule has 0 bridgehead atoms. The van der Waals surface area contributed by atoms with Crippen LogP contribution in [0.4, 0.5) is 4.79 Å². The Morgan fingerprint density at radius 2 is 2.00 bits per heavy atom. The molecule has 1 aromatic rings. The highest BCUT2D eigenvalue weighted by Crippen LogP contribution is 2.29. The number of methoxy groups -OCH3 is 2. The largest absolute Gasteiger partial charge is 0.497 e. The van der Waals surface area contributed by atoms with E-state index >= 15 is 0 Å². The highest BCUT2D eigenvalue weighted by atomic mass is 16.5. The van der Waals surface area contributed by atoms with Gasteiger partial charge in [0.05, 0.1) is 26.4 Å². The topological polar surface area (TPSA) is 60.0 Å². The van der Waals surface area contributed by atoms with E-state index in [1.807, 2.05) is 36.9 Å². The second kappa shape index (κ2) is 8.78. The molecule has 24 heavy (non-hydrogen) atoms. The van der Waals surface area contributed by atoms with Crippen LogP contribution in [0.5, 0.6) is 11.5 Å². The van der Waals surface area contributed by atoms with Crippen molar-refractivity contribution in [2.75, 3.05) is 33.9 Å². The Balaban J connectivity index is 1.97. The molecule has 6 nitrogen and oxygen atoms in total. The third kappa shape index (κ3) is 4.54. The van der Waals surface area contributed by atoms with Gasteiger partial charge in [-0.3, -0.25) is 0 Å². The molecule has 0 spiro atoms. The van der Waals surface area contributed by atoms with Crippen LogP contribution in [0.15, 0.2) is 18.2 Å². The first-order chi connectivity index (χ1) is 11.6. The molecule has 0 saturated carbocycles. The van der Waals surface area contributed by atoms with Gasteiger partial charge in [0.1, 0.15) is 11.5 Å². The third-order valence-corrected chi connectivity index (χ3v) is 4.37. The van der Waals surface area contributed by atoms with Crippen LogP contribution in [-0.2, 0) is 4.74 Å². The van der Waals surface area contributed by atoms with E-state index in [0.717, 1.165) is 49.6 Å². The number of hydrogen-bond acceptors (Lipinski definition) is 4. The lowest BCUT2D eigenvalue weighted by molar-refractivity contribution is 0.0218. The minimum Gasteiger partial charge on any atom is -0.497 e. The number of rotatable bonds is 6. The first kappa shape index (κ1) is 18.4. The SMILES string of the molecule is CCOC1CCN(C(=O)N[C@H](C)c2cc(OC)ccc2OC)CC1. The first-order valence-electron chi connectivity index (χ1n) is 8.48. The molecule has 1 atom stereocenters. The maximum atomic E-state index is 12.5. The van der Waals surface area contributed by atoms with E-state index in [1.54, 1.807) is 14.2 Å². The number of amides is 2. The summed E-state index contributed by atoms with van der Waals surface area (Å²) in [4.78, 5) is 14.3. The van der Waals surface area contributed by atoms with Crippen LogP contribution >= 0.6 is 0 Å². The summed E-state index contributed by atoms with van der Waals surface area (Å²) in [5.41, 5.74) is 0.898. The van der Waals surface area contributed by atoms with Gasteiger partial charge in [-0.1, -0.05) is 0 Å². The van der Waals surface area contributed by atoms with Crippen molar-refractivity contribution in [3.8, 4) is 11.5 Å². The lowest BCUT2D eigenvalue weighted by Gasteiger charge is -2.32. The smallest absolute Gasteiger partial charge is 0.317 e. The molecule has 0 aliphatic carbocycles. The van der Waals surface area contributed by atoms with Gasteiger partial charge in [0.25, 0.3) is 0 Å². The maximum Gasteiger partial charge on any atom is 0.317 e. The number of carbonyl (C=O) groups is 1. The second-order valence-electron chi connectivity index (χ2n) is 5.92. The Kier molecular flexibility index (Phi) is 6.73. The fourth-order valence-electron chi connectivity index (χ4n) is 2.99. The zero-order valence-electron chi connectivity index (χ0n) is 15.0. The van der Waals surface area contributed by atoms with E-state index in [2.05, 4.69) is 5.32 Å². The molecule has 6 heteroatoms. The van der Waals surface area contributed by atoms with Crippen molar-refractivity contribution in [1.29, 1.82) is 0 Å². The lowest BCUT2D eigenvalue weighted by Crippen LogP contribution is -2.46. The van der Waals surface area contributed by atoms with Crippen molar-refractivity contribution in [2.24, 2.45) is 0 Å². The molecule has 0 radical (unpaired) electrons. The normalized spacial score (nSPS) is 16.6. The minimum absolute atomic E-state index is 0.0534. The molecule has 2 amide bonds. The average molecular weight is 336 g/mol. The molecular formula is C18H28N2O4. The zero-order valence-corrected chi connectivity index (χ0v) is 15.0. The molecule has 1 aliphatic heterocycles. The molecule has 1 saturated heterocycles. The summed E-state index contributed by atoms with van der Waals surface area (Å²) in [6.45, 7) is 6.12. The molecule has 0 aromatic heterocycles. The summed E-state index contributed by atoms with van der Waals surface area (Å²) in [7, 11) is 3.25. The van der Waals surface area contributed by atoms with Crippen LogP contribution in [0.2, 0.25) is 0 Å². The quantitative estimate of drug-likeness (QED) is 0.867. The number of hydrogen-bond donors (Lipinski definition) is 1. The monoisotopic (exact) mass is 336 g/mol. The Morgan fingerprint density at radius 1 is 1.29 bits per heavy atom. The summed E-state index contributed by atoms with van der Waals surface area (Å²) in [6, 6.07) is 5.36. The standard InChI is InChI=1S/C18H28N2O4/c1-5-24-14-8-10-20(11-9-14)18(21)19-13(2)16-12-15(22-3)6-7-17(16)23-4/h6-7,12-14H,5,8-11H2,1-4H3,(H,19,21)/t13-/m1/s1. The number of carbonyl (C=O) groups excluding carboxylic acids is 1. The van der Waals surface area contributed by atoms with Gasteiger partial charge in [-0.2, -0.15) is 0 Å². The second-order valence-corrected chi connectivity index (χ2v) is 5.92. The summed E-state index contributed by atoms with van der Waals surface area (Å²) in [6.07, 6.45) is 2.05. The van der Waals surface area contributed by atoms with Gasteiger partial charge >= 0.3 is 6.03 Å². The van der Waals surface area contributed by atoms with Crippen molar-refractivity contribution in [2.45, 2.75) is 38.8 Å². The molecule has 1 N–H and O–H groups in total. The van der Waals surface area contributed by atoms with Gasteiger partial charge in [0, 0.05) is 25.3 Å². The molecule has 1 fully saturated rings. The number of urea groups is 1. The summed E-state index contributed by atoms with van der Waals surface area (Å²) in [5, 5.41) is 3.05. The highest BCUT2D eigenvalue weighted by molar-refractivity contribution is 5.75. The van der Waals surface area contributed by atoms with E-state index in [4.69, 9.17) is 14.2 Å². The number of ether oxygens (including phenoxy) is 3. The maximum absolute atomic E-state index is 12.5. The Hall–Kier alpha value is -1.95. The Labute approximate surface area is 144 Å². The van der Waals surface area contributed by atoms with E-state index in [1.165, 1.54) is 0 Å². The number of nitrogens with one attached hydrogen (secondary N) is 1. The highest BCUT2D eigenvalue weighted by Gasteiger charge is 2.24. The predicted molar refractivity (Wildman–Crippen MR) is 92.7 cm³/mol. The molecule has 2 rings (SSSR count). The van der Waals surface area contributed by atoms with Gasteiger partial charge in [-0.25, -0.2) is 4.79 Å². The summed E-state index contributed by atoms with van der Waals surface area (Å²) in [5.74, 6) is 1.48. The molecule has 1 heterocycles. The lowest BCUT2D eigenvalue weighted by atomic mass is 10.1. The van der Waals surface area contributed by atoms with Crippen LogP contribution in [-0.4, -0.2) is 51.0 Å². The van der Waals surface area contributed by atoms with Crippen LogP contribution in [0.25, 0.3) is 0 Å². The molecule has 0 unspecified atom stereocenters. The fourth-order valence-corrected chi connectivity index (χ4v) is 2.99. The van der Waals surface area contributed by atoms with E-state index in [-0.39, 0.29) is 18.2 Å². The van der Waals surface area contributed by atoms with E-state index in [0.29, 0.717) is 0 Å². The van der Waals surface area contributed by atoms with E-state index < -0.39 is 0 Å². The van der Waals surface area contributed by atoms with Crippen molar-refractivity contribution >= 4 is 6.03 Å². The van der Waals surface area contributed by atoms with Crippen LogP contribution in [0, 0.1) is 0 Å². The molecule has 1 aromatic carbocycles. The Bertz CT molecular complexity index is 542. The summed E-state index contributed by atoms with van der Waals surface area (Å²) < 4.78 is 16.3. The zero-order chi connectivity index (χ0) is 17.5. The number of likely N-dealkylation sites (tertiary alicyclic amines) is 1. The van der Waals surface area contributed by atoms with Crippen LogP contribution in [0.1, 0.15) is 38.3 Å². The molecule has 1 aliphatic rings. The first-order valence-corrected chi connectivity index (χ1v) is 8.48. The number of benzene rings is 1. The predicted octanol–water partition coefficient (Wildman–Crippen LogP) is 2.98. The van der Waals surface area contributed by atoms with Crippen molar-refractivity contribution in [3.63, 3.8) is 0 Å². The molecule has 134 valence electrons. The molecular weight excluding hydrogens is 308 g/mol. The third-order valence-electron chi connectivity index (χ3n) is 4.37. The van der Waals surface area contributed by atoms with Crippen molar-refractivity contribution in [3.05, 3.63) is 23.8 Å². The van der Waals surface area contributed by atoms with Crippen molar-refractivity contribution in [1.82, 2.24) is 10.2 Å². The van der Waals surface area contributed by atoms with Gasteiger partial charge in [-0.05, 0) is 44.9 Å². The number of nitrogens with zero attached hydrogens (tertiary/aromatic N) is 1. The number of piperidine rings is 1. The van der Waals surface area contributed by atoms with Crippen molar-refractivity contribution < 1.29 is 19.0 Å². The Morgan fingerprint density at radius 3 is 2.58 bits per heavy atom. The van der Waals surface area contributed by atoms with Crippen LogP contribution < -0.4 is 14.8 Å². The van der Waals surface area contributed by atoms with Gasteiger partial charge in [0.15, 0.2) is 0 Å². The minimum atomic E-state index is -0.174.